The Kier molecular flexibility index (Phi) is 8.39. The molecule has 1 amide bonds. The van der Waals surface area contributed by atoms with Gasteiger partial charge in [0.15, 0.2) is 0 Å². The first-order chi connectivity index (χ1) is 12.1. The molecule has 0 unspecified atom stereocenters. The van der Waals surface area contributed by atoms with E-state index in [0.717, 1.165) is 50.1 Å². The lowest BCUT2D eigenvalue weighted by molar-refractivity contribution is -0.134. The summed E-state index contributed by atoms with van der Waals surface area (Å²) in [6.45, 7) is 5.30. The number of nitrogens with zero attached hydrogens (tertiary/aromatic N) is 2. The smallest absolute Gasteiger partial charge is 0.225 e. The molecule has 1 aromatic rings. The minimum Gasteiger partial charge on any atom is -0.393 e. The molecule has 4 heteroatoms. The maximum absolute atomic E-state index is 12.6. The minimum absolute atomic E-state index is 0.0821. The molecule has 1 N–H and O–H groups in total. The van der Waals surface area contributed by atoms with Crippen LogP contribution in [0.15, 0.2) is 24.5 Å². The van der Waals surface area contributed by atoms with Gasteiger partial charge in [-0.2, -0.15) is 0 Å². The molecule has 1 aliphatic heterocycles. The zero-order valence-corrected chi connectivity index (χ0v) is 15.9. The zero-order chi connectivity index (χ0) is 18.1. The Hall–Kier alpha value is -1.42. The zero-order valence-electron chi connectivity index (χ0n) is 15.9. The second-order valence-electron chi connectivity index (χ2n) is 7.77. The van der Waals surface area contributed by atoms with Crippen LogP contribution in [0, 0.1) is 5.92 Å². The predicted molar refractivity (Wildman–Crippen MR) is 101 cm³/mol. The van der Waals surface area contributed by atoms with E-state index in [1.807, 2.05) is 23.2 Å². The molecule has 0 aromatic carbocycles. The molecule has 0 spiro atoms. The van der Waals surface area contributed by atoms with Gasteiger partial charge in [0.1, 0.15) is 0 Å². The van der Waals surface area contributed by atoms with Crippen LogP contribution in [0.4, 0.5) is 0 Å². The van der Waals surface area contributed by atoms with Gasteiger partial charge >= 0.3 is 0 Å². The average molecular weight is 347 g/mol. The van der Waals surface area contributed by atoms with Crippen LogP contribution < -0.4 is 0 Å². The molecule has 1 fully saturated rings. The summed E-state index contributed by atoms with van der Waals surface area (Å²) in [7, 11) is 0. The van der Waals surface area contributed by atoms with Gasteiger partial charge < -0.3 is 10.0 Å². The SMILES string of the molecule is CC(C)CCCCCC[C@H](O)CC(=O)N1CCC[C@H]1c1cccnc1. The molecular weight excluding hydrogens is 312 g/mol. The van der Waals surface area contributed by atoms with Crippen molar-refractivity contribution in [2.24, 2.45) is 5.92 Å². The summed E-state index contributed by atoms with van der Waals surface area (Å²) in [5.41, 5.74) is 1.10. The summed E-state index contributed by atoms with van der Waals surface area (Å²) < 4.78 is 0. The van der Waals surface area contributed by atoms with E-state index < -0.39 is 6.10 Å². The van der Waals surface area contributed by atoms with Crippen LogP contribution in [0.25, 0.3) is 0 Å². The first-order valence-corrected chi connectivity index (χ1v) is 9.95. The lowest BCUT2D eigenvalue weighted by Crippen LogP contribution is -2.33. The Morgan fingerprint density at radius 2 is 2.04 bits per heavy atom. The van der Waals surface area contributed by atoms with Crippen LogP contribution >= 0.6 is 0 Å². The molecule has 0 bridgehead atoms. The van der Waals surface area contributed by atoms with Crippen molar-refractivity contribution in [3.8, 4) is 0 Å². The van der Waals surface area contributed by atoms with Gasteiger partial charge in [-0.3, -0.25) is 9.78 Å². The van der Waals surface area contributed by atoms with Gasteiger partial charge in [0.2, 0.25) is 5.91 Å². The van der Waals surface area contributed by atoms with Gasteiger partial charge in [0, 0.05) is 18.9 Å². The fourth-order valence-electron chi connectivity index (χ4n) is 3.69. The highest BCUT2D eigenvalue weighted by atomic mass is 16.3. The number of hydrogen-bond donors (Lipinski definition) is 1. The third kappa shape index (κ3) is 6.77. The number of aliphatic hydroxyl groups excluding tert-OH is 1. The molecule has 0 radical (unpaired) electrons. The van der Waals surface area contributed by atoms with Gasteiger partial charge in [-0.05, 0) is 36.8 Å². The van der Waals surface area contributed by atoms with Crippen molar-refractivity contribution >= 4 is 5.91 Å². The highest BCUT2D eigenvalue weighted by Gasteiger charge is 2.30. The molecule has 2 rings (SSSR count). The minimum atomic E-state index is -0.507. The third-order valence-electron chi connectivity index (χ3n) is 5.12. The van der Waals surface area contributed by atoms with Gasteiger partial charge in [0.25, 0.3) is 0 Å². The van der Waals surface area contributed by atoms with Crippen LogP contribution in [0.2, 0.25) is 0 Å². The van der Waals surface area contributed by atoms with E-state index in [1.165, 1.54) is 19.3 Å². The Labute approximate surface area is 152 Å². The van der Waals surface area contributed by atoms with Crippen molar-refractivity contribution in [3.63, 3.8) is 0 Å². The molecule has 2 atom stereocenters. The Balaban J connectivity index is 1.70. The number of unbranched alkanes of at least 4 members (excludes halogenated alkanes) is 3. The van der Waals surface area contributed by atoms with E-state index in [-0.39, 0.29) is 18.4 Å². The fraction of sp³-hybridized carbons (Fsp3) is 0.714. The van der Waals surface area contributed by atoms with Crippen molar-refractivity contribution in [2.75, 3.05) is 6.54 Å². The van der Waals surface area contributed by atoms with E-state index in [2.05, 4.69) is 18.8 Å². The number of aliphatic hydroxyl groups is 1. The van der Waals surface area contributed by atoms with Crippen molar-refractivity contribution in [1.29, 1.82) is 0 Å². The maximum atomic E-state index is 12.6. The molecule has 0 aliphatic carbocycles. The molecule has 140 valence electrons. The molecular formula is C21H34N2O2. The normalized spacial score (nSPS) is 18.7. The van der Waals surface area contributed by atoms with Gasteiger partial charge in [-0.1, -0.05) is 52.0 Å². The summed E-state index contributed by atoms with van der Waals surface area (Å²) in [5.74, 6) is 0.857. The van der Waals surface area contributed by atoms with Crippen molar-refractivity contribution in [3.05, 3.63) is 30.1 Å². The summed E-state index contributed by atoms with van der Waals surface area (Å²) >= 11 is 0. The van der Waals surface area contributed by atoms with E-state index in [9.17, 15) is 9.90 Å². The fourth-order valence-corrected chi connectivity index (χ4v) is 3.69. The summed E-state index contributed by atoms with van der Waals surface area (Å²) in [5, 5.41) is 10.2. The third-order valence-corrected chi connectivity index (χ3v) is 5.12. The number of carbonyl (C=O) groups is 1. The summed E-state index contributed by atoms with van der Waals surface area (Å²) in [4.78, 5) is 18.7. The van der Waals surface area contributed by atoms with Crippen LogP contribution in [-0.4, -0.2) is 33.5 Å². The molecule has 1 saturated heterocycles. The first-order valence-electron chi connectivity index (χ1n) is 9.95. The second-order valence-corrected chi connectivity index (χ2v) is 7.77. The molecule has 2 heterocycles. The topological polar surface area (TPSA) is 53.4 Å². The summed E-state index contributed by atoms with van der Waals surface area (Å²) in [6.07, 6.45) is 12.1. The van der Waals surface area contributed by atoms with Gasteiger partial charge in [-0.25, -0.2) is 0 Å². The largest absolute Gasteiger partial charge is 0.393 e. The average Bonchev–Trinajstić information content (AvgIpc) is 3.08. The van der Waals surface area contributed by atoms with Crippen LogP contribution in [0.1, 0.15) is 83.2 Å². The quantitative estimate of drug-likeness (QED) is 0.635. The van der Waals surface area contributed by atoms with E-state index >= 15 is 0 Å². The van der Waals surface area contributed by atoms with Crippen LogP contribution in [0.3, 0.4) is 0 Å². The number of hydrogen-bond acceptors (Lipinski definition) is 3. The van der Waals surface area contributed by atoms with Crippen molar-refractivity contribution in [1.82, 2.24) is 9.88 Å². The molecule has 4 nitrogen and oxygen atoms in total. The van der Waals surface area contributed by atoms with Gasteiger partial charge in [0.05, 0.1) is 18.6 Å². The lowest BCUT2D eigenvalue weighted by Gasteiger charge is -2.26. The van der Waals surface area contributed by atoms with Crippen LogP contribution in [-0.2, 0) is 4.79 Å². The molecule has 1 aromatic heterocycles. The molecule has 25 heavy (non-hydrogen) atoms. The van der Waals surface area contributed by atoms with E-state index in [1.54, 1.807) is 6.20 Å². The second kappa shape index (κ2) is 10.5. The summed E-state index contributed by atoms with van der Waals surface area (Å²) in [6, 6.07) is 4.09. The number of pyridine rings is 1. The number of aromatic nitrogens is 1. The predicted octanol–water partition coefficient (Wildman–Crippen LogP) is 4.49. The number of likely N-dealkylation sites (tertiary alicyclic amines) is 1. The Morgan fingerprint density at radius 1 is 1.28 bits per heavy atom. The van der Waals surface area contributed by atoms with Crippen molar-refractivity contribution in [2.45, 2.75) is 83.8 Å². The highest BCUT2D eigenvalue weighted by molar-refractivity contribution is 5.77. The first kappa shape index (κ1) is 19.9. The highest BCUT2D eigenvalue weighted by Crippen LogP contribution is 2.32. The van der Waals surface area contributed by atoms with Crippen LogP contribution in [0.5, 0.6) is 0 Å². The van der Waals surface area contributed by atoms with Gasteiger partial charge in [-0.15, -0.1) is 0 Å². The monoisotopic (exact) mass is 346 g/mol. The van der Waals surface area contributed by atoms with Crippen molar-refractivity contribution < 1.29 is 9.90 Å². The maximum Gasteiger partial charge on any atom is 0.225 e. The Morgan fingerprint density at radius 3 is 2.72 bits per heavy atom. The lowest BCUT2D eigenvalue weighted by atomic mass is 10.0. The number of carbonyl (C=O) groups excluding carboxylic acids is 1. The number of rotatable bonds is 10. The van der Waals surface area contributed by atoms with E-state index in [4.69, 9.17) is 0 Å². The molecule has 0 saturated carbocycles. The van der Waals surface area contributed by atoms with E-state index in [0.29, 0.717) is 0 Å². The number of amides is 1. The molecule has 1 aliphatic rings. The Bertz CT molecular complexity index is 504. The standard InChI is InChI=1S/C21H34N2O2/c1-17(2)9-5-3-4-6-11-19(24)15-21(25)23-14-8-12-20(23)18-10-7-13-22-16-18/h7,10,13,16-17,19-20,24H,3-6,8-9,11-12,14-15H2,1-2H3/t19-,20-/m0/s1.